The third-order valence-electron chi connectivity index (χ3n) is 2.59. The average Bonchev–Trinajstić information content (AvgIpc) is 2.29. The molecule has 0 unspecified atom stereocenters. The van der Waals surface area contributed by atoms with E-state index in [9.17, 15) is 13.2 Å². The molecule has 0 heterocycles. The smallest absolute Gasteiger partial charge is 0.238 e. The number of carbonyl (C=O) groups excluding carboxylic acids is 1. The monoisotopic (exact) mass is 284 g/mol. The lowest BCUT2D eigenvalue weighted by Crippen LogP contribution is -2.33. The molecule has 19 heavy (non-hydrogen) atoms. The van der Waals surface area contributed by atoms with Crippen LogP contribution in [0.1, 0.15) is 5.56 Å². The Morgan fingerprint density at radius 2 is 1.84 bits per heavy atom. The van der Waals surface area contributed by atoms with Gasteiger partial charge in [-0.1, -0.05) is 17.7 Å². The Hall–Kier alpha value is -1.40. The van der Waals surface area contributed by atoms with Crippen molar-refractivity contribution in [1.29, 1.82) is 0 Å². The molecule has 106 valence electrons. The maximum atomic E-state index is 11.7. The van der Waals surface area contributed by atoms with E-state index in [1.54, 1.807) is 11.9 Å². The van der Waals surface area contributed by atoms with Crippen molar-refractivity contribution in [2.24, 2.45) is 0 Å². The summed E-state index contributed by atoms with van der Waals surface area (Å²) in [7, 11) is -1.27. The van der Waals surface area contributed by atoms with Crippen molar-refractivity contribution in [2.45, 2.75) is 6.92 Å². The molecule has 0 aromatic heterocycles. The fraction of sp³-hybridized carbons (Fsp3) is 0.462. The highest BCUT2D eigenvalue weighted by Gasteiger charge is 2.09. The molecule has 0 aliphatic heterocycles. The van der Waals surface area contributed by atoms with E-state index in [2.05, 4.69) is 5.32 Å². The van der Waals surface area contributed by atoms with Gasteiger partial charge in [-0.25, -0.2) is 8.42 Å². The van der Waals surface area contributed by atoms with Crippen LogP contribution in [0.2, 0.25) is 0 Å². The molecule has 1 amide bonds. The Morgan fingerprint density at radius 3 is 2.37 bits per heavy atom. The van der Waals surface area contributed by atoms with E-state index in [4.69, 9.17) is 0 Å². The predicted molar refractivity (Wildman–Crippen MR) is 77.0 cm³/mol. The molecule has 1 aromatic carbocycles. The van der Waals surface area contributed by atoms with Crippen LogP contribution in [0.5, 0.6) is 0 Å². The molecule has 0 fully saturated rings. The first kappa shape index (κ1) is 15.7. The highest BCUT2D eigenvalue weighted by Crippen LogP contribution is 2.08. The molecular weight excluding hydrogens is 264 g/mol. The van der Waals surface area contributed by atoms with Gasteiger partial charge in [-0.15, -0.1) is 0 Å². The molecule has 6 heteroatoms. The average molecular weight is 284 g/mol. The summed E-state index contributed by atoms with van der Waals surface area (Å²) in [6.07, 6.45) is 1.19. The first-order valence-electron chi connectivity index (χ1n) is 5.99. The van der Waals surface area contributed by atoms with E-state index >= 15 is 0 Å². The largest absolute Gasteiger partial charge is 0.325 e. The maximum absolute atomic E-state index is 11.7. The minimum absolute atomic E-state index is 0.0569. The quantitative estimate of drug-likeness (QED) is 0.843. The van der Waals surface area contributed by atoms with E-state index in [0.717, 1.165) is 11.3 Å². The molecule has 0 atom stereocenters. The van der Waals surface area contributed by atoms with Gasteiger partial charge < -0.3 is 5.32 Å². The zero-order valence-electron chi connectivity index (χ0n) is 11.5. The highest BCUT2D eigenvalue weighted by molar-refractivity contribution is 7.90. The van der Waals surface area contributed by atoms with Crippen molar-refractivity contribution in [3.8, 4) is 0 Å². The normalized spacial score (nSPS) is 11.6. The topological polar surface area (TPSA) is 66.5 Å². The molecule has 0 radical (unpaired) electrons. The summed E-state index contributed by atoms with van der Waals surface area (Å²) in [4.78, 5) is 13.4. The Labute approximate surface area is 114 Å². The maximum Gasteiger partial charge on any atom is 0.238 e. The summed E-state index contributed by atoms with van der Waals surface area (Å²) in [5, 5.41) is 2.77. The van der Waals surface area contributed by atoms with Gasteiger partial charge in [0.25, 0.3) is 0 Å². The molecular formula is C13H20N2O3S. The third kappa shape index (κ3) is 6.93. The van der Waals surface area contributed by atoms with Crippen LogP contribution in [-0.2, 0) is 14.6 Å². The number of hydrogen-bond acceptors (Lipinski definition) is 4. The van der Waals surface area contributed by atoms with Gasteiger partial charge in [0.2, 0.25) is 5.91 Å². The zero-order valence-corrected chi connectivity index (χ0v) is 12.3. The molecule has 1 N–H and O–H groups in total. The van der Waals surface area contributed by atoms with Crippen LogP contribution in [0, 0.1) is 6.92 Å². The fourth-order valence-corrected chi connectivity index (χ4v) is 2.13. The van der Waals surface area contributed by atoms with E-state index in [1.807, 2.05) is 31.2 Å². The summed E-state index contributed by atoms with van der Waals surface area (Å²) in [5.74, 6) is -0.0961. The number of sulfone groups is 1. The van der Waals surface area contributed by atoms with Gasteiger partial charge in [0.15, 0.2) is 0 Å². The predicted octanol–water partition coefficient (Wildman–Crippen LogP) is 0.910. The van der Waals surface area contributed by atoms with E-state index < -0.39 is 9.84 Å². The number of benzene rings is 1. The Morgan fingerprint density at radius 1 is 1.26 bits per heavy atom. The van der Waals surface area contributed by atoms with Gasteiger partial charge in [-0.2, -0.15) is 0 Å². The van der Waals surface area contributed by atoms with Crippen LogP contribution in [0.25, 0.3) is 0 Å². The van der Waals surface area contributed by atoms with Crippen molar-refractivity contribution in [2.75, 3.05) is 37.5 Å². The molecule has 5 nitrogen and oxygen atoms in total. The van der Waals surface area contributed by atoms with Gasteiger partial charge in [-0.05, 0) is 26.1 Å². The summed E-state index contributed by atoms with van der Waals surface area (Å²) in [5.41, 5.74) is 1.87. The van der Waals surface area contributed by atoms with Gasteiger partial charge in [-0.3, -0.25) is 9.69 Å². The summed E-state index contributed by atoms with van der Waals surface area (Å²) in [6, 6.07) is 7.51. The molecule has 0 aliphatic carbocycles. The third-order valence-corrected chi connectivity index (χ3v) is 3.52. The molecule has 0 spiro atoms. The van der Waals surface area contributed by atoms with Crippen molar-refractivity contribution in [3.05, 3.63) is 29.8 Å². The first-order chi connectivity index (χ1) is 8.76. The Bertz CT molecular complexity index is 523. The van der Waals surface area contributed by atoms with Gasteiger partial charge >= 0.3 is 0 Å². The van der Waals surface area contributed by atoms with Crippen LogP contribution in [0.3, 0.4) is 0 Å². The molecule has 0 saturated heterocycles. The standard InChI is InChI=1S/C13H20N2O3S/c1-11-4-6-12(7-5-11)14-13(16)10-15(2)8-9-19(3,17)18/h4-7H,8-10H2,1-3H3,(H,14,16). The number of nitrogens with one attached hydrogen (secondary N) is 1. The van der Waals surface area contributed by atoms with Crippen molar-refractivity contribution < 1.29 is 13.2 Å². The lowest BCUT2D eigenvalue weighted by molar-refractivity contribution is -0.117. The molecule has 0 saturated carbocycles. The van der Waals surface area contributed by atoms with Gasteiger partial charge in [0.1, 0.15) is 9.84 Å². The van der Waals surface area contributed by atoms with Crippen molar-refractivity contribution >= 4 is 21.4 Å². The SMILES string of the molecule is Cc1ccc(NC(=O)CN(C)CCS(C)(=O)=O)cc1. The highest BCUT2D eigenvalue weighted by atomic mass is 32.2. The number of likely N-dealkylation sites (N-methyl/N-ethyl adjacent to an activating group) is 1. The van der Waals surface area contributed by atoms with E-state index in [0.29, 0.717) is 6.54 Å². The summed E-state index contributed by atoms with van der Waals surface area (Å²) in [6.45, 7) is 2.49. The molecule has 1 rings (SSSR count). The van der Waals surface area contributed by atoms with Crippen LogP contribution in [-0.4, -0.2) is 51.4 Å². The lowest BCUT2D eigenvalue weighted by atomic mass is 10.2. The lowest BCUT2D eigenvalue weighted by Gasteiger charge is -2.15. The Balaban J connectivity index is 2.40. The zero-order chi connectivity index (χ0) is 14.5. The number of rotatable bonds is 6. The van der Waals surface area contributed by atoms with E-state index in [1.165, 1.54) is 6.26 Å². The number of carbonyl (C=O) groups is 1. The molecule has 0 aliphatic rings. The first-order valence-corrected chi connectivity index (χ1v) is 8.05. The number of hydrogen-bond donors (Lipinski definition) is 1. The molecule has 0 bridgehead atoms. The van der Waals surface area contributed by atoms with Crippen molar-refractivity contribution in [3.63, 3.8) is 0 Å². The summed E-state index contributed by atoms with van der Waals surface area (Å²) < 4.78 is 22.0. The summed E-state index contributed by atoms with van der Waals surface area (Å²) >= 11 is 0. The van der Waals surface area contributed by atoms with Gasteiger partial charge in [0.05, 0.1) is 12.3 Å². The number of amides is 1. The molecule has 1 aromatic rings. The van der Waals surface area contributed by atoms with Crippen molar-refractivity contribution in [1.82, 2.24) is 4.90 Å². The number of anilines is 1. The van der Waals surface area contributed by atoms with Crippen LogP contribution in [0.15, 0.2) is 24.3 Å². The van der Waals surface area contributed by atoms with Gasteiger partial charge in [0, 0.05) is 18.5 Å². The number of nitrogens with zero attached hydrogens (tertiary/aromatic N) is 1. The van der Waals surface area contributed by atoms with E-state index in [-0.39, 0.29) is 18.2 Å². The van der Waals surface area contributed by atoms with Crippen LogP contribution in [0.4, 0.5) is 5.69 Å². The number of aryl methyl sites for hydroxylation is 1. The van der Waals surface area contributed by atoms with Crippen LogP contribution < -0.4 is 5.32 Å². The second kappa shape index (κ2) is 6.68. The fourth-order valence-electron chi connectivity index (χ4n) is 1.48. The second-order valence-electron chi connectivity index (χ2n) is 4.78. The Kier molecular flexibility index (Phi) is 5.50. The van der Waals surface area contributed by atoms with Crippen LogP contribution >= 0.6 is 0 Å². The minimum Gasteiger partial charge on any atom is -0.325 e. The minimum atomic E-state index is -2.99. The second-order valence-corrected chi connectivity index (χ2v) is 7.04.